The van der Waals surface area contributed by atoms with Crippen molar-refractivity contribution in [2.24, 2.45) is 0 Å². The molecule has 0 saturated carbocycles. The smallest absolute Gasteiger partial charge is 0.414 e. The van der Waals surface area contributed by atoms with E-state index in [0.717, 1.165) is 42.9 Å². The molecule has 152 valence electrons. The zero-order valence-electron chi connectivity index (χ0n) is 16.9. The molecule has 0 aromatic heterocycles. The molecule has 0 spiro atoms. The molecule has 6 heteroatoms. The van der Waals surface area contributed by atoms with Gasteiger partial charge in [0, 0.05) is 42.0 Å². The Balaban J connectivity index is 1.41. The first-order chi connectivity index (χ1) is 14.0. The Labute approximate surface area is 171 Å². The van der Waals surface area contributed by atoms with Crippen LogP contribution in [0.4, 0.5) is 16.2 Å². The van der Waals surface area contributed by atoms with Crippen LogP contribution in [0.25, 0.3) is 0 Å². The van der Waals surface area contributed by atoms with Crippen LogP contribution in [-0.4, -0.2) is 37.2 Å². The van der Waals surface area contributed by atoms with Crippen LogP contribution in [0, 0.1) is 0 Å². The summed E-state index contributed by atoms with van der Waals surface area (Å²) in [6.07, 6.45) is 1.50. The van der Waals surface area contributed by atoms with Gasteiger partial charge in [-0.15, -0.1) is 0 Å². The van der Waals surface area contributed by atoms with Gasteiger partial charge in [-0.25, -0.2) is 4.79 Å². The van der Waals surface area contributed by atoms with Crippen LogP contribution in [0.2, 0.25) is 0 Å². The average Bonchev–Trinajstić information content (AvgIpc) is 2.73. The standard InChI is InChI=1S/C23H27N3O3/c1-16(2)24-22(27)17-7-9-19(10-8-17)25-13-11-20(12-14-25)26-21-6-4-3-5-18(21)15-29-23(26)28/h3-10,16,20H,11-15H2,1-2H3,(H,24,27). The summed E-state index contributed by atoms with van der Waals surface area (Å²) in [5, 5.41) is 2.91. The van der Waals surface area contributed by atoms with Crippen molar-refractivity contribution in [2.75, 3.05) is 22.9 Å². The Hall–Kier alpha value is -3.02. The third-order valence-electron chi connectivity index (χ3n) is 5.54. The summed E-state index contributed by atoms with van der Waals surface area (Å²) >= 11 is 0. The molecule has 2 heterocycles. The SMILES string of the molecule is CC(C)NC(=O)c1ccc(N2CCC(N3C(=O)OCc4ccccc43)CC2)cc1. The first-order valence-electron chi connectivity index (χ1n) is 10.2. The highest BCUT2D eigenvalue weighted by atomic mass is 16.6. The molecule has 2 aromatic rings. The van der Waals surface area contributed by atoms with Crippen molar-refractivity contribution < 1.29 is 14.3 Å². The first-order valence-corrected chi connectivity index (χ1v) is 10.2. The number of ether oxygens (including phenoxy) is 1. The predicted octanol–water partition coefficient (Wildman–Crippen LogP) is 3.95. The van der Waals surface area contributed by atoms with E-state index < -0.39 is 0 Å². The number of hydrogen-bond donors (Lipinski definition) is 1. The summed E-state index contributed by atoms with van der Waals surface area (Å²) in [6.45, 7) is 5.96. The van der Waals surface area contributed by atoms with E-state index in [1.165, 1.54) is 0 Å². The number of nitrogens with one attached hydrogen (secondary N) is 1. The number of rotatable bonds is 4. The van der Waals surface area contributed by atoms with E-state index >= 15 is 0 Å². The lowest BCUT2D eigenvalue weighted by molar-refractivity contribution is 0.0943. The first kappa shape index (κ1) is 19.3. The van der Waals surface area contributed by atoms with Gasteiger partial charge in [0.05, 0.1) is 5.69 Å². The number of cyclic esters (lactones) is 1. The molecular formula is C23H27N3O3. The second-order valence-electron chi connectivity index (χ2n) is 7.95. The van der Waals surface area contributed by atoms with Crippen LogP contribution in [0.3, 0.4) is 0 Å². The van der Waals surface area contributed by atoms with Gasteiger partial charge in [-0.1, -0.05) is 18.2 Å². The predicted molar refractivity (Wildman–Crippen MR) is 113 cm³/mol. The van der Waals surface area contributed by atoms with E-state index in [9.17, 15) is 9.59 Å². The number of amides is 2. The monoisotopic (exact) mass is 393 g/mol. The van der Waals surface area contributed by atoms with Crippen molar-refractivity contribution in [1.82, 2.24) is 5.32 Å². The molecular weight excluding hydrogens is 366 g/mol. The Morgan fingerprint density at radius 1 is 1.07 bits per heavy atom. The van der Waals surface area contributed by atoms with Crippen molar-refractivity contribution in [3.05, 3.63) is 59.7 Å². The Morgan fingerprint density at radius 3 is 2.45 bits per heavy atom. The van der Waals surface area contributed by atoms with Gasteiger partial charge in [0.25, 0.3) is 5.91 Å². The minimum absolute atomic E-state index is 0.0486. The molecule has 2 aliphatic rings. The molecule has 2 amide bonds. The maximum absolute atomic E-state index is 12.4. The summed E-state index contributed by atoms with van der Waals surface area (Å²) in [4.78, 5) is 28.7. The van der Waals surface area contributed by atoms with Crippen LogP contribution >= 0.6 is 0 Å². The third-order valence-corrected chi connectivity index (χ3v) is 5.54. The van der Waals surface area contributed by atoms with Crippen molar-refractivity contribution in [3.8, 4) is 0 Å². The highest BCUT2D eigenvalue weighted by molar-refractivity contribution is 5.94. The van der Waals surface area contributed by atoms with E-state index in [0.29, 0.717) is 12.2 Å². The van der Waals surface area contributed by atoms with Gasteiger partial charge in [-0.05, 0) is 57.0 Å². The fraction of sp³-hybridized carbons (Fsp3) is 0.391. The van der Waals surface area contributed by atoms with Crippen LogP contribution in [0.5, 0.6) is 0 Å². The van der Waals surface area contributed by atoms with Gasteiger partial charge in [0.2, 0.25) is 0 Å². The largest absolute Gasteiger partial charge is 0.444 e. The van der Waals surface area contributed by atoms with Gasteiger partial charge in [-0.3, -0.25) is 9.69 Å². The molecule has 1 fully saturated rings. The minimum atomic E-state index is -0.248. The molecule has 1 N–H and O–H groups in total. The lowest BCUT2D eigenvalue weighted by Gasteiger charge is -2.40. The quantitative estimate of drug-likeness (QED) is 0.854. The van der Waals surface area contributed by atoms with Crippen molar-refractivity contribution in [2.45, 2.75) is 45.4 Å². The highest BCUT2D eigenvalue weighted by Crippen LogP contribution is 2.32. The Bertz CT molecular complexity index is 886. The van der Waals surface area contributed by atoms with Gasteiger partial charge >= 0.3 is 6.09 Å². The second kappa shape index (κ2) is 8.15. The van der Waals surface area contributed by atoms with Gasteiger partial charge < -0.3 is 15.0 Å². The van der Waals surface area contributed by atoms with Crippen molar-refractivity contribution in [3.63, 3.8) is 0 Å². The van der Waals surface area contributed by atoms with Gasteiger partial charge in [0.1, 0.15) is 6.61 Å². The number of benzene rings is 2. The lowest BCUT2D eigenvalue weighted by Crippen LogP contribution is -2.49. The van der Waals surface area contributed by atoms with E-state index in [4.69, 9.17) is 4.74 Å². The molecule has 2 aliphatic heterocycles. The number of nitrogens with zero attached hydrogens (tertiary/aromatic N) is 2. The minimum Gasteiger partial charge on any atom is -0.444 e. The van der Waals surface area contributed by atoms with Crippen molar-refractivity contribution >= 4 is 23.4 Å². The molecule has 29 heavy (non-hydrogen) atoms. The van der Waals surface area contributed by atoms with E-state index in [1.807, 2.05) is 67.3 Å². The highest BCUT2D eigenvalue weighted by Gasteiger charge is 2.34. The number of anilines is 2. The van der Waals surface area contributed by atoms with Crippen LogP contribution in [0.1, 0.15) is 42.6 Å². The second-order valence-corrected chi connectivity index (χ2v) is 7.95. The van der Waals surface area contributed by atoms with Crippen molar-refractivity contribution in [1.29, 1.82) is 0 Å². The molecule has 0 atom stereocenters. The maximum atomic E-state index is 12.4. The normalized spacial score (nSPS) is 17.1. The zero-order valence-corrected chi connectivity index (χ0v) is 16.9. The molecule has 0 aliphatic carbocycles. The molecule has 0 unspecified atom stereocenters. The Morgan fingerprint density at radius 2 is 1.76 bits per heavy atom. The van der Waals surface area contributed by atoms with Gasteiger partial charge in [0.15, 0.2) is 0 Å². The molecule has 1 saturated heterocycles. The van der Waals surface area contributed by atoms with E-state index in [1.54, 1.807) is 0 Å². The van der Waals surface area contributed by atoms with E-state index in [2.05, 4.69) is 10.2 Å². The molecule has 6 nitrogen and oxygen atoms in total. The lowest BCUT2D eigenvalue weighted by atomic mass is 10.00. The summed E-state index contributed by atoms with van der Waals surface area (Å²) in [7, 11) is 0. The number of carbonyl (C=O) groups excluding carboxylic acids is 2. The summed E-state index contributed by atoms with van der Waals surface area (Å²) in [6, 6.07) is 16.0. The summed E-state index contributed by atoms with van der Waals surface area (Å²) in [5.41, 5.74) is 3.81. The molecule has 2 aromatic carbocycles. The number of piperidine rings is 1. The van der Waals surface area contributed by atoms with Crippen LogP contribution in [0.15, 0.2) is 48.5 Å². The van der Waals surface area contributed by atoms with Crippen LogP contribution in [-0.2, 0) is 11.3 Å². The fourth-order valence-corrected chi connectivity index (χ4v) is 4.07. The fourth-order valence-electron chi connectivity index (χ4n) is 4.07. The van der Waals surface area contributed by atoms with Gasteiger partial charge in [-0.2, -0.15) is 0 Å². The maximum Gasteiger partial charge on any atom is 0.414 e. The number of fused-ring (bicyclic) bond motifs is 1. The average molecular weight is 393 g/mol. The molecule has 0 radical (unpaired) electrons. The summed E-state index contributed by atoms with van der Waals surface area (Å²) < 4.78 is 5.38. The zero-order chi connectivity index (χ0) is 20.4. The van der Waals surface area contributed by atoms with Crippen LogP contribution < -0.4 is 15.1 Å². The molecule has 4 rings (SSSR count). The number of para-hydroxylation sites is 1. The third kappa shape index (κ3) is 4.06. The number of hydrogen-bond acceptors (Lipinski definition) is 4. The topological polar surface area (TPSA) is 61.9 Å². The Kier molecular flexibility index (Phi) is 5.43. The summed E-state index contributed by atoms with van der Waals surface area (Å²) in [5.74, 6) is -0.0486. The number of carbonyl (C=O) groups is 2. The van der Waals surface area contributed by atoms with E-state index in [-0.39, 0.29) is 24.1 Å². The molecule has 0 bridgehead atoms.